The second kappa shape index (κ2) is 7.31. The molecule has 21 heavy (non-hydrogen) atoms. The normalized spacial score (nSPS) is 14.9. The van der Waals surface area contributed by atoms with E-state index in [4.69, 9.17) is 16.7 Å². The van der Waals surface area contributed by atoms with Crippen LogP contribution in [-0.4, -0.2) is 30.2 Å². The summed E-state index contributed by atoms with van der Waals surface area (Å²) in [6.07, 6.45) is 4.66. The van der Waals surface area contributed by atoms with Crippen molar-refractivity contribution in [1.29, 1.82) is 0 Å². The SMILES string of the molecule is O=C(O)CN(C(=O)NCC1CCCC1)c1ccc(Cl)cc1. The molecule has 0 unspecified atom stereocenters. The average molecular weight is 311 g/mol. The number of anilines is 1. The average Bonchev–Trinajstić information content (AvgIpc) is 2.96. The number of benzene rings is 1. The number of nitrogens with one attached hydrogen (secondary N) is 1. The molecule has 1 aliphatic carbocycles. The zero-order chi connectivity index (χ0) is 15.2. The third-order valence-corrected chi connectivity index (χ3v) is 3.95. The first-order chi connectivity index (χ1) is 10.1. The van der Waals surface area contributed by atoms with Crippen LogP contribution in [0.3, 0.4) is 0 Å². The van der Waals surface area contributed by atoms with Crippen LogP contribution in [0, 0.1) is 5.92 Å². The number of hydrogen-bond acceptors (Lipinski definition) is 2. The van der Waals surface area contributed by atoms with Crippen molar-refractivity contribution >= 4 is 29.3 Å². The zero-order valence-electron chi connectivity index (χ0n) is 11.7. The van der Waals surface area contributed by atoms with Crippen LogP contribution in [0.15, 0.2) is 24.3 Å². The lowest BCUT2D eigenvalue weighted by Crippen LogP contribution is -2.44. The first kappa shape index (κ1) is 15.6. The predicted octanol–water partition coefficient (Wildman–Crippen LogP) is 3.13. The molecule has 0 aliphatic heterocycles. The molecule has 0 spiro atoms. The minimum Gasteiger partial charge on any atom is -0.480 e. The molecule has 2 rings (SSSR count). The van der Waals surface area contributed by atoms with Gasteiger partial charge in [-0.2, -0.15) is 0 Å². The number of aliphatic carboxylic acids is 1. The van der Waals surface area contributed by atoms with E-state index in [1.165, 1.54) is 17.7 Å². The van der Waals surface area contributed by atoms with E-state index in [1.54, 1.807) is 24.3 Å². The number of amides is 2. The summed E-state index contributed by atoms with van der Waals surface area (Å²) < 4.78 is 0. The van der Waals surface area contributed by atoms with E-state index < -0.39 is 5.97 Å². The van der Waals surface area contributed by atoms with E-state index in [2.05, 4.69) is 5.32 Å². The van der Waals surface area contributed by atoms with Gasteiger partial charge in [-0.15, -0.1) is 0 Å². The smallest absolute Gasteiger partial charge is 0.323 e. The molecule has 6 heteroatoms. The molecule has 0 radical (unpaired) electrons. The summed E-state index contributed by atoms with van der Waals surface area (Å²) in [4.78, 5) is 24.4. The topological polar surface area (TPSA) is 69.6 Å². The van der Waals surface area contributed by atoms with Crippen molar-refractivity contribution in [3.05, 3.63) is 29.3 Å². The van der Waals surface area contributed by atoms with Gasteiger partial charge in [0.15, 0.2) is 0 Å². The minimum absolute atomic E-state index is 0.377. The quantitative estimate of drug-likeness (QED) is 0.878. The lowest BCUT2D eigenvalue weighted by atomic mass is 10.1. The number of hydrogen-bond donors (Lipinski definition) is 2. The van der Waals surface area contributed by atoms with Crippen LogP contribution in [0.25, 0.3) is 0 Å². The molecule has 5 nitrogen and oxygen atoms in total. The van der Waals surface area contributed by atoms with Gasteiger partial charge in [0, 0.05) is 17.3 Å². The third kappa shape index (κ3) is 4.63. The molecule has 1 aromatic rings. The van der Waals surface area contributed by atoms with E-state index in [1.807, 2.05) is 0 Å². The fourth-order valence-corrected chi connectivity index (χ4v) is 2.70. The summed E-state index contributed by atoms with van der Waals surface area (Å²) >= 11 is 5.81. The molecule has 1 aliphatic rings. The second-order valence-electron chi connectivity index (χ2n) is 5.29. The number of urea groups is 1. The van der Waals surface area contributed by atoms with Crippen LogP contribution in [-0.2, 0) is 4.79 Å². The van der Waals surface area contributed by atoms with Crippen molar-refractivity contribution in [1.82, 2.24) is 5.32 Å². The summed E-state index contributed by atoms with van der Waals surface area (Å²) in [5.41, 5.74) is 0.519. The third-order valence-electron chi connectivity index (χ3n) is 3.69. The fourth-order valence-electron chi connectivity index (χ4n) is 2.58. The number of halogens is 1. The molecule has 2 N–H and O–H groups in total. The number of carboxylic acid groups (broad SMARTS) is 1. The Hall–Kier alpha value is -1.75. The molecule has 2 amide bonds. The number of rotatable bonds is 5. The Morgan fingerprint density at radius 2 is 1.86 bits per heavy atom. The van der Waals surface area contributed by atoms with Gasteiger partial charge in [0.25, 0.3) is 0 Å². The molecule has 1 aromatic carbocycles. The summed E-state index contributed by atoms with van der Waals surface area (Å²) in [6.45, 7) is 0.223. The zero-order valence-corrected chi connectivity index (χ0v) is 12.5. The Labute approximate surface area is 128 Å². The Balaban J connectivity index is 2.01. The predicted molar refractivity (Wildman–Crippen MR) is 81.8 cm³/mol. The van der Waals surface area contributed by atoms with Crippen molar-refractivity contribution in [3.63, 3.8) is 0 Å². The summed E-state index contributed by atoms with van der Waals surface area (Å²) in [7, 11) is 0. The lowest BCUT2D eigenvalue weighted by Gasteiger charge is -2.22. The monoisotopic (exact) mass is 310 g/mol. The molecule has 0 atom stereocenters. The molecular formula is C15H19ClN2O3. The van der Waals surface area contributed by atoms with Gasteiger partial charge in [-0.25, -0.2) is 4.79 Å². The van der Waals surface area contributed by atoms with Crippen LogP contribution >= 0.6 is 11.6 Å². The highest BCUT2D eigenvalue weighted by Gasteiger charge is 2.21. The number of nitrogens with zero attached hydrogens (tertiary/aromatic N) is 1. The van der Waals surface area contributed by atoms with Crippen molar-refractivity contribution in [2.24, 2.45) is 5.92 Å². The highest BCUT2D eigenvalue weighted by atomic mass is 35.5. The standard InChI is InChI=1S/C15H19ClN2O3/c16-12-5-7-13(8-6-12)18(10-14(19)20)15(21)17-9-11-3-1-2-4-11/h5-8,11H,1-4,9-10H2,(H,17,21)(H,19,20). The summed E-state index contributed by atoms with van der Waals surface area (Å²) in [6, 6.07) is 6.17. The van der Waals surface area contributed by atoms with Crippen molar-refractivity contribution < 1.29 is 14.7 Å². The van der Waals surface area contributed by atoms with Crippen LogP contribution in [0.1, 0.15) is 25.7 Å². The Bertz CT molecular complexity index is 498. The lowest BCUT2D eigenvalue weighted by molar-refractivity contribution is -0.135. The first-order valence-electron chi connectivity index (χ1n) is 7.09. The maximum atomic E-state index is 12.2. The van der Waals surface area contributed by atoms with Crippen LogP contribution in [0.5, 0.6) is 0 Å². The molecule has 1 saturated carbocycles. The molecule has 0 heterocycles. The van der Waals surface area contributed by atoms with Crippen molar-refractivity contribution in [2.75, 3.05) is 18.0 Å². The van der Waals surface area contributed by atoms with Gasteiger partial charge < -0.3 is 10.4 Å². The van der Waals surface area contributed by atoms with Gasteiger partial charge in [-0.1, -0.05) is 24.4 Å². The van der Waals surface area contributed by atoms with E-state index in [9.17, 15) is 9.59 Å². The molecular weight excluding hydrogens is 292 g/mol. The van der Waals surface area contributed by atoms with Gasteiger partial charge in [0.2, 0.25) is 0 Å². The summed E-state index contributed by atoms with van der Waals surface area (Å²) in [5.74, 6) is -0.549. The number of carboxylic acids is 1. The second-order valence-corrected chi connectivity index (χ2v) is 5.73. The van der Waals surface area contributed by atoms with Crippen LogP contribution in [0.4, 0.5) is 10.5 Å². The van der Waals surface area contributed by atoms with Crippen molar-refractivity contribution in [2.45, 2.75) is 25.7 Å². The van der Waals surface area contributed by atoms with Crippen LogP contribution < -0.4 is 10.2 Å². The first-order valence-corrected chi connectivity index (χ1v) is 7.47. The van der Waals surface area contributed by atoms with Gasteiger partial charge >= 0.3 is 12.0 Å². The van der Waals surface area contributed by atoms with E-state index in [0.717, 1.165) is 12.8 Å². The summed E-state index contributed by atoms with van der Waals surface area (Å²) in [5, 5.41) is 12.4. The van der Waals surface area contributed by atoms with E-state index in [-0.39, 0.29) is 12.6 Å². The van der Waals surface area contributed by atoms with Crippen LogP contribution in [0.2, 0.25) is 5.02 Å². The largest absolute Gasteiger partial charge is 0.480 e. The Kier molecular flexibility index (Phi) is 5.44. The fraction of sp³-hybridized carbons (Fsp3) is 0.467. The van der Waals surface area contributed by atoms with Gasteiger partial charge in [-0.05, 0) is 43.0 Å². The Morgan fingerprint density at radius 1 is 1.24 bits per heavy atom. The maximum absolute atomic E-state index is 12.2. The van der Waals surface area contributed by atoms with Gasteiger partial charge in [0.1, 0.15) is 6.54 Å². The molecule has 0 aromatic heterocycles. The molecule has 1 fully saturated rings. The molecule has 0 saturated heterocycles. The number of carbonyl (C=O) groups excluding carboxylic acids is 1. The molecule has 114 valence electrons. The highest BCUT2D eigenvalue weighted by molar-refractivity contribution is 6.30. The minimum atomic E-state index is -1.05. The maximum Gasteiger partial charge on any atom is 0.323 e. The van der Waals surface area contributed by atoms with E-state index >= 15 is 0 Å². The molecule has 0 bridgehead atoms. The van der Waals surface area contributed by atoms with Gasteiger partial charge in [-0.3, -0.25) is 9.69 Å². The van der Waals surface area contributed by atoms with E-state index in [0.29, 0.717) is 23.2 Å². The van der Waals surface area contributed by atoms with Gasteiger partial charge in [0.05, 0.1) is 0 Å². The Morgan fingerprint density at radius 3 is 2.43 bits per heavy atom. The highest BCUT2D eigenvalue weighted by Crippen LogP contribution is 2.24. The number of carbonyl (C=O) groups is 2. The van der Waals surface area contributed by atoms with Crippen molar-refractivity contribution in [3.8, 4) is 0 Å².